The van der Waals surface area contributed by atoms with E-state index in [0.717, 1.165) is 0 Å². The van der Waals surface area contributed by atoms with E-state index in [9.17, 15) is 19.8 Å². The molecule has 1 heterocycles. The maximum Gasteiger partial charge on any atom is 0.235 e. The minimum Gasteiger partial charge on any atom is -0.508 e. The fraction of sp³-hybridized carbons (Fsp3) is 0.125. The quantitative estimate of drug-likeness (QED) is 0.731. The van der Waals surface area contributed by atoms with Crippen molar-refractivity contribution < 1.29 is 19.8 Å². The topological polar surface area (TPSA) is 86.6 Å². The van der Waals surface area contributed by atoms with E-state index in [1.165, 1.54) is 24.3 Å². The minimum absolute atomic E-state index is 0.102. The van der Waals surface area contributed by atoms with Gasteiger partial charge >= 0.3 is 0 Å². The standard InChI is InChI=1S/C16H13NO4/c18-11-5-1-9(2-6-11)13-14(16(21)17-15(13)20)10-3-7-12(19)8-4-10/h1-8,13-14,18-19H,(H,17,20,21). The molecule has 106 valence electrons. The lowest BCUT2D eigenvalue weighted by atomic mass is 9.83. The number of nitrogens with one attached hydrogen (secondary N) is 1. The van der Waals surface area contributed by atoms with Crippen LogP contribution in [0.2, 0.25) is 0 Å². The summed E-state index contributed by atoms with van der Waals surface area (Å²) in [7, 11) is 0. The number of carbonyl (C=O) groups is 2. The molecular formula is C16H13NO4. The summed E-state index contributed by atoms with van der Waals surface area (Å²) in [5.74, 6) is -1.79. The van der Waals surface area contributed by atoms with Crippen molar-refractivity contribution in [1.82, 2.24) is 5.32 Å². The Morgan fingerprint density at radius 2 is 1.00 bits per heavy atom. The number of hydrogen-bond donors (Lipinski definition) is 3. The molecule has 2 atom stereocenters. The van der Waals surface area contributed by atoms with Crippen molar-refractivity contribution in [2.24, 2.45) is 0 Å². The minimum atomic E-state index is -0.636. The van der Waals surface area contributed by atoms with E-state index >= 15 is 0 Å². The van der Waals surface area contributed by atoms with E-state index < -0.39 is 11.8 Å². The largest absolute Gasteiger partial charge is 0.508 e. The van der Waals surface area contributed by atoms with Crippen LogP contribution in [0.15, 0.2) is 48.5 Å². The first-order valence-electron chi connectivity index (χ1n) is 6.49. The van der Waals surface area contributed by atoms with Crippen molar-refractivity contribution in [3.05, 3.63) is 59.7 Å². The smallest absolute Gasteiger partial charge is 0.235 e. The molecule has 3 rings (SSSR count). The van der Waals surface area contributed by atoms with Crippen LogP contribution in [0.1, 0.15) is 23.0 Å². The van der Waals surface area contributed by atoms with E-state index in [-0.39, 0.29) is 23.3 Å². The van der Waals surface area contributed by atoms with Gasteiger partial charge in [-0.15, -0.1) is 0 Å². The molecule has 2 amide bonds. The first-order valence-corrected chi connectivity index (χ1v) is 6.49. The van der Waals surface area contributed by atoms with Crippen LogP contribution >= 0.6 is 0 Å². The third-order valence-electron chi connectivity index (χ3n) is 3.65. The third-order valence-corrected chi connectivity index (χ3v) is 3.65. The number of amides is 2. The lowest BCUT2D eigenvalue weighted by molar-refractivity contribution is -0.125. The molecule has 2 unspecified atom stereocenters. The van der Waals surface area contributed by atoms with E-state index in [0.29, 0.717) is 11.1 Å². The molecule has 5 heteroatoms. The third kappa shape index (κ3) is 2.33. The summed E-state index contributed by atoms with van der Waals surface area (Å²) in [5, 5.41) is 21.0. The first kappa shape index (κ1) is 13.2. The number of hydrogen-bond acceptors (Lipinski definition) is 4. The summed E-state index contributed by atoms with van der Waals surface area (Å²) in [6.07, 6.45) is 0. The highest BCUT2D eigenvalue weighted by molar-refractivity contribution is 6.10. The van der Waals surface area contributed by atoms with Gasteiger partial charge in [-0.25, -0.2) is 0 Å². The van der Waals surface area contributed by atoms with Gasteiger partial charge < -0.3 is 10.2 Å². The molecule has 0 bridgehead atoms. The highest BCUT2D eigenvalue weighted by atomic mass is 16.3. The van der Waals surface area contributed by atoms with Crippen molar-refractivity contribution in [2.45, 2.75) is 11.8 Å². The van der Waals surface area contributed by atoms with Gasteiger partial charge in [-0.05, 0) is 35.4 Å². The van der Waals surface area contributed by atoms with Crippen molar-refractivity contribution in [1.29, 1.82) is 0 Å². The number of phenolic OH excluding ortho intramolecular Hbond substituents is 2. The maximum atomic E-state index is 12.1. The Morgan fingerprint density at radius 1 is 0.667 bits per heavy atom. The van der Waals surface area contributed by atoms with Gasteiger partial charge in [-0.2, -0.15) is 0 Å². The average molecular weight is 283 g/mol. The zero-order valence-electron chi connectivity index (χ0n) is 11.0. The number of rotatable bonds is 2. The highest BCUT2D eigenvalue weighted by Gasteiger charge is 2.43. The Labute approximate surface area is 120 Å². The first-order chi connectivity index (χ1) is 10.1. The maximum absolute atomic E-state index is 12.1. The van der Waals surface area contributed by atoms with Crippen molar-refractivity contribution >= 4 is 11.8 Å². The zero-order chi connectivity index (χ0) is 15.0. The number of phenols is 2. The fourth-order valence-corrected chi connectivity index (χ4v) is 2.63. The molecule has 3 N–H and O–H groups in total. The Kier molecular flexibility index (Phi) is 3.10. The van der Waals surface area contributed by atoms with Crippen LogP contribution in [0.5, 0.6) is 11.5 Å². The average Bonchev–Trinajstić information content (AvgIpc) is 2.75. The van der Waals surface area contributed by atoms with Gasteiger partial charge in [0.25, 0.3) is 0 Å². The molecule has 21 heavy (non-hydrogen) atoms. The van der Waals surface area contributed by atoms with E-state index in [1.54, 1.807) is 24.3 Å². The van der Waals surface area contributed by atoms with Crippen LogP contribution < -0.4 is 5.32 Å². The van der Waals surface area contributed by atoms with Crippen LogP contribution in [0.25, 0.3) is 0 Å². The molecule has 2 aromatic rings. The van der Waals surface area contributed by atoms with Gasteiger partial charge in [0.2, 0.25) is 11.8 Å². The normalized spacial score (nSPS) is 21.3. The van der Waals surface area contributed by atoms with Crippen molar-refractivity contribution in [2.75, 3.05) is 0 Å². The van der Waals surface area contributed by atoms with Crippen molar-refractivity contribution in [3.8, 4) is 11.5 Å². The van der Waals surface area contributed by atoms with Crippen LogP contribution in [0.4, 0.5) is 0 Å². The number of aromatic hydroxyl groups is 2. The second-order valence-electron chi connectivity index (χ2n) is 4.99. The SMILES string of the molecule is O=C1NC(=O)C(c2ccc(O)cc2)C1c1ccc(O)cc1. The Bertz CT molecular complexity index is 630. The predicted molar refractivity (Wildman–Crippen MR) is 74.8 cm³/mol. The molecule has 1 aliphatic heterocycles. The van der Waals surface area contributed by atoms with Crippen molar-refractivity contribution in [3.63, 3.8) is 0 Å². The van der Waals surface area contributed by atoms with Gasteiger partial charge in [-0.1, -0.05) is 24.3 Å². The molecule has 5 nitrogen and oxygen atoms in total. The summed E-state index contributed by atoms with van der Waals surface area (Å²) >= 11 is 0. The molecule has 2 aromatic carbocycles. The van der Waals surface area contributed by atoms with Crippen LogP contribution in [0, 0.1) is 0 Å². The molecular weight excluding hydrogens is 270 g/mol. The highest BCUT2D eigenvalue weighted by Crippen LogP contribution is 2.38. The van der Waals surface area contributed by atoms with Gasteiger partial charge in [0.05, 0.1) is 11.8 Å². The molecule has 0 aliphatic carbocycles. The molecule has 1 fully saturated rings. The van der Waals surface area contributed by atoms with Gasteiger partial charge in [0.1, 0.15) is 11.5 Å². The molecule has 0 spiro atoms. The monoisotopic (exact) mass is 283 g/mol. The van der Waals surface area contributed by atoms with Gasteiger partial charge in [0.15, 0.2) is 0 Å². The lowest BCUT2D eigenvalue weighted by Crippen LogP contribution is -2.21. The summed E-state index contributed by atoms with van der Waals surface area (Å²) < 4.78 is 0. The zero-order valence-corrected chi connectivity index (χ0v) is 11.0. The number of carbonyl (C=O) groups excluding carboxylic acids is 2. The van der Waals surface area contributed by atoms with Gasteiger partial charge in [-0.3, -0.25) is 14.9 Å². The second-order valence-corrected chi connectivity index (χ2v) is 4.99. The summed E-state index contributed by atoms with van der Waals surface area (Å²) in [4.78, 5) is 24.2. The summed E-state index contributed by atoms with van der Waals surface area (Å²) in [5.41, 5.74) is 1.32. The lowest BCUT2D eigenvalue weighted by Gasteiger charge is -2.16. The van der Waals surface area contributed by atoms with E-state index in [2.05, 4.69) is 5.32 Å². The Balaban J connectivity index is 2.03. The van der Waals surface area contributed by atoms with Crippen LogP contribution in [0.3, 0.4) is 0 Å². The number of imide groups is 1. The van der Waals surface area contributed by atoms with Crippen LogP contribution in [-0.4, -0.2) is 22.0 Å². The molecule has 0 radical (unpaired) electrons. The number of benzene rings is 2. The van der Waals surface area contributed by atoms with E-state index in [4.69, 9.17) is 0 Å². The summed E-state index contributed by atoms with van der Waals surface area (Å²) in [6.45, 7) is 0. The predicted octanol–water partition coefficient (Wildman–Crippen LogP) is 1.62. The Hall–Kier alpha value is -2.82. The van der Waals surface area contributed by atoms with E-state index in [1.807, 2.05) is 0 Å². The van der Waals surface area contributed by atoms with Gasteiger partial charge in [0, 0.05) is 0 Å². The summed E-state index contributed by atoms with van der Waals surface area (Å²) in [6, 6.07) is 12.5. The molecule has 0 aromatic heterocycles. The molecule has 1 saturated heterocycles. The second kappa shape index (κ2) is 4.94. The molecule has 0 saturated carbocycles. The Morgan fingerprint density at radius 3 is 1.33 bits per heavy atom. The molecule has 1 aliphatic rings. The van der Waals surface area contributed by atoms with Crippen LogP contribution in [-0.2, 0) is 9.59 Å². The fourth-order valence-electron chi connectivity index (χ4n) is 2.63.